The number of halogens is 3. The predicted molar refractivity (Wildman–Crippen MR) is 67.8 cm³/mol. The molecule has 1 rings (SSSR count). The highest BCUT2D eigenvalue weighted by molar-refractivity contribution is 5.23. The molecule has 1 heterocycles. The van der Waals surface area contributed by atoms with Crippen LogP contribution in [0.4, 0.5) is 13.2 Å². The van der Waals surface area contributed by atoms with Gasteiger partial charge in [-0.05, 0) is 44.9 Å². The summed E-state index contributed by atoms with van der Waals surface area (Å²) in [5.74, 6) is 0. The molecule has 1 atom stereocenters. The van der Waals surface area contributed by atoms with Crippen LogP contribution in [-0.4, -0.2) is 22.9 Å². The van der Waals surface area contributed by atoms with Crippen molar-refractivity contribution in [2.24, 2.45) is 0 Å². The Hall–Kier alpha value is -1.17. The highest BCUT2D eigenvalue weighted by atomic mass is 19.4. The van der Waals surface area contributed by atoms with Crippen molar-refractivity contribution in [3.63, 3.8) is 0 Å². The van der Waals surface area contributed by atoms with Gasteiger partial charge in [0.1, 0.15) is 0 Å². The van der Waals surface area contributed by atoms with Gasteiger partial charge < -0.3 is 5.32 Å². The number of aryl methyl sites for hydroxylation is 2. The van der Waals surface area contributed by atoms with Gasteiger partial charge in [-0.1, -0.05) is 6.92 Å². The zero-order valence-electron chi connectivity index (χ0n) is 11.5. The fourth-order valence-corrected chi connectivity index (χ4v) is 2.04. The van der Waals surface area contributed by atoms with E-state index in [9.17, 15) is 13.2 Å². The number of rotatable bonds is 6. The number of aromatic nitrogens is 2. The molecule has 0 aromatic carbocycles. The number of nitrogens with zero attached hydrogens (tertiary/aromatic N) is 2. The molecule has 0 aliphatic rings. The first-order chi connectivity index (χ1) is 8.83. The van der Waals surface area contributed by atoms with Gasteiger partial charge in [0.05, 0.1) is 11.4 Å². The summed E-state index contributed by atoms with van der Waals surface area (Å²) >= 11 is 0. The smallest absolute Gasteiger partial charge is 0.310 e. The van der Waals surface area contributed by atoms with E-state index < -0.39 is 12.6 Å². The largest absolute Gasteiger partial charge is 0.389 e. The first kappa shape index (κ1) is 15.9. The molecule has 0 fully saturated rings. The van der Waals surface area contributed by atoms with Crippen LogP contribution < -0.4 is 5.32 Å². The van der Waals surface area contributed by atoms with Crippen LogP contribution in [0.2, 0.25) is 0 Å². The first-order valence-electron chi connectivity index (χ1n) is 6.44. The molecule has 1 aromatic heterocycles. The third kappa shape index (κ3) is 5.55. The van der Waals surface area contributed by atoms with E-state index in [-0.39, 0.29) is 12.5 Å². The van der Waals surface area contributed by atoms with E-state index in [0.29, 0.717) is 13.0 Å². The lowest BCUT2D eigenvalue weighted by Crippen LogP contribution is -2.23. The summed E-state index contributed by atoms with van der Waals surface area (Å²) in [7, 11) is 0. The molecule has 6 heteroatoms. The predicted octanol–water partition coefficient (Wildman–Crippen LogP) is 3.48. The van der Waals surface area contributed by atoms with E-state index >= 15 is 0 Å². The van der Waals surface area contributed by atoms with E-state index in [4.69, 9.17) is 0 Å². The fraction of sp³-hybridized carbons (Fsp3) is 0.692. The van der Waals surface area contributed by atoms with Crippen LogP contribution in [0.25, 0.3) is 0 Å². The average Bonchev–Trinajstić information content (AvgIpc) is 2.30. The summed E-state index contributed by atoms with van der Waals surface area (Å²) in [5, 5.41) is 11.2. The minimum Gasteiger partial charge on any atom is -0.310 e. The number of hydrogen-bond acceptors (Lipinski definition) is 3. The molecule has 0 aliphatic carbocycles. The first-order valence-corrected chi connectivity index (χ1v) is 6.44. The van der Waals surface area contributed by atoms with E-state index in [1.165, 1.54) is 0 Å². The zero-order chi connectivity index (χ0) is 14.5. The Kier molecular flexibility index (Phi) is 5.72. The summed E-state index contributed by atoms with van der Waals surface area (Å²) in [5.41, 5.74) is 2.49. The van der Waals surface area contributed by atoms with Crippen molar-refractivity contribution in [1.29, 1.82) is 0 Å². The molecular weight excluding hydrogens is 255 g/mol. The molecular formula is C13H20F3N3. The topological polar surface area (TPSA) is 37.8 Å². The van der Waals surface area contributed by atoms with Gasteiger partial charge in [0, 0.05) is 12.5 Å². The van der Waals surface area contributed by atoms with Gasteiger partial charge in [-0.15, -0.1) is 0 Å². The molecule has 108 valence electrons. The number of hydrogen-bond donors (Lipinski definition) is 1. The van der Waals surface area contributed by atoms with Crippen molar-refractivity contribution in [3.8, 4) is 0 Å². The van der Waals surface area contributed by atoms with E-state index in [2.05, 4.69) is 15.5 Å². The number of alkyl halides is 3. The van der Waals surface area contributed by atoms with Crippen LogP contribution in [0.1, 0.15) is 49.2 Å². The lowest BCUT2D eigenvalue weighted by atomic mass is 9.99. The molecule has 0 saturated carbocycles. The fourth-order valence-electron chi connectivity index (χ4n) is 2.04. The Morgan fingerprint density at radius 2 is 1.95 bits per heavy atom. The van der Waals surface area contributed by atoms with Gasteiger partial charge in [-0.3, -0.25) is 0 Å². The third-order valence-electron chi connectivity index (χ3n) is 2.92. The van der Waals surface area contributed by atoms with Crippen molar-refractivity contribution < 1.29 is 13.2 Å². The second-order valence-corrected chi connectivity index (χ2v) is 4.64. The summed E-state index contributed by atoms with van der Waals surface area (Å²) < 4.78 is 36.6. The second kappa shape index (κ2) is 6.84. The molecule has 0 spiro atoms. The SMILES string of the molecule is CCNC(CCCC(F)(F)F)c1cc(C)nnc1C. The van der Waals surface area contributed by atoms with Crippen LogP contribution in [0.3, 0.4) is 0 Å². The van der Waals surface area contributed by atoms with Gasteiger partial charge in [-0.25, -0.2) is 0 Å². The van der Waals surface area contributed by atoms with Crippen LogP contribution in [0.5, 0.6) is 0 Å². The minimum atomic E-state index is -4.09. The monoisotopic (exact) mass is 275 g/mol. The Balaban J connectivity index is 2.73. The summed E-state index contributed by atoms with van der Waals surface area (Å²) in [6.07, 6.45) is -4.27. The van der Waals surface area contributed by atoms with Crippen molar-refractivity contribution in [1.82, 2.24) is 15.5 Å². The van der Waals surface area contributed by atoms with E-state index in [0.717, 1.165) is 17.0 Å². The zero-order valence-corrected chi connectivity index (χ0v) is 11.5. The lowest BCUT2D eigenvalue weighted by molar-refractivity contribution is -0.135. The molecule has 1 unspecified atom stereocenters. The molecule has 0 aliphatic heterocycles. The summed E-state index contributed by atoms with van der Waals surface area (Å²) in [6.45, 7) is 6.30. The van der Waals surface area contributed by atoms with Crippen LogP contribution in [0.15, 0.2) is 6.07 Å². The van der Waals surface area contributed by atoms with Crippen molar-refractivity contribution >= 4 is 0 Å². The van der Waals surface area contributed by atoms with E-state index in [1.807, 2.05) is 26.8 Å². The maximum absolute atomic E-state index is 12.2. The Labute approximate surface area is 111 Å². The Bertz CT molecular complexity index is 405. The standard InChI is InChI=1S/C13H20F3N3/c1-4-17-12(6-5-7-13(14,15)16)11-8-9(2)18-19-10(11)3/h8,12,17H,4-7H2,1-3H3. The van der Waals surface area contributed by atoms with Gasteiger partial charge in [0.15, 0.2) is 0 Å². The van der Waals surface area contributed by atoms with Crippen molar-refractivity contribution in [2.75, 3.05) is 6.54 Å². The average molecular weight is 275 g/mol. The Morgan fingerprint density at radius 1 is 1.26 bits per heavy atom. The van der Waals surface area contributed by atoms with Crippen molar-refractivity contribution in [3.05, 3.63) is 23.0 Å². The molecule has 0 radical (unpaired) electrons. The lowest BCUT2D eigenvalue weighted by Gasteiger charge is -2.20. The molecule has 1 N–H and O–H groups in total. The van der Waals surface area contributed by atoms with Crippen molar-refractivity contribution in [2.45, 2.75) is 52.3 Å². The normalized spacial score (nSPS) is 13.6. The quantitative estimate of drug-likeness (QED) is 0.863. The maximum atomic E-state index is 12.2. The highest BCUT2D eigenvalue weighted by Gasteiger charge is 2.27. The maximum Gasteiger partial charge on any atom is 0.389 e. The van der Waals surface area contributed by atoms with Gasteiger partial charge in [-0.2, -0.15) is 23.4 Å². The number of nitrogens with one attached hydrogen (secondary N) is 1. The summed E-state index contributed by atoms with van der Waals surface area (Å²) in [6, 6.07) is 1.80. The van der Waals surface area contributed by atoms with Gasteiger partial charge >= 0.3 is 6.18 Å². The molecule has 0 amide bonds. The molecule has 3 nitrogen and oxygen atoms in total. The van der Waals surface area contributed by atoms with E-state index in [1.54, 1.807) is 0 Å². The molecule has 0 saturated heterocycles. The molecule has 19 heavy (non-hydrogen) atoms. The minimum absolute atomic E-state index is 0.0958. The summed E-state index contributed by atoms with van der Waals surface area (Å²) in [4.78, 5) is 0. The molecule has 0 bridgehead atoms. The van der Waals surface area contributed by atoms with Crippen LogP contribution in [0, 0.1) is 13.8 Å². The Morgan fingerprint density at radius 3 is 2.53 bits per heavy atom. The highest BCUT2D eigenvalue weighted by Crippen LogP contribution is 2.27. The van der Waals surface area contributed by atoms with Gasteiger partial charge in [0.25, 0.3) is 0 Å². The van der Waals surface area contributed by atoms with Gasteiger partial charge in [0.2, 0.25) is 0 Å². The van der Waals surface area contributed by atoms with Crippen LogP contribution in [-0.2, 0) is 0 Å². The molecule has 1 aromatic rings. The van der Waals surface area contributed by atoms with Crippen LogP contribution >= 0.6 is 0 Å². The third-order valence-corrected chi connectivity index (χ3v) is 2.92. The second-order valence-electron chi connectivity index (χ2n) is 4.64.